The van der Waals surface area contributed by atoms with Crippen molar-refractivity contribution in [3.05, 3.63) is 36.0 Å². The van der Waals surface area contributed by atoms with E-state index in [1.807, 2.05) is 38.5 Å². The zero-order chi connectivity index (χ0) is 14.8. The smallest absolute Gasteiger partial charge is 0.188 e. The first-order valence-corrected chi connectivity index (χ1v) is 8.56. The Bertz CT molecular complexity index is 630. The third-order valence-corrected chi connectivity index (χ3v) is 3.89. The molecule has 0 amide bonds. The fourth-order valence-corrected chi connectivity index (χ4v) is 2.61. The van der Waals surface area contributed by atoms with Gasteiger partial charge in [0.15, 0.2) is 6.73 Å². The molecule has 1 aromatic heterocycles. The lowest BCUT2D eigenvalue weighted by molar-refractivity contribution is -0.906. The molecule has 110 valence electrons. The number of para-hydroxylation sites is 1. The lowest BCUT2D eigenvalue weighted by Crippen LogP contribution is -2.43. The molecule has 0 bridgehead atoms. The molecular formula is C14H21N2O3P. The van der Waals surface area contributed by atoms with Gasteiger partial charge in [0.25, 0.3) is 0 Å². The topological polar surface area (TPSA) is 65.2 Å². The maximum absolute atomic E-state index is 11.1. The van der Waals surface area contributed by atoms with Crippen molar-refractivity contribution >= 4 is 18.5 Å². The molecule has 0 aliphatic heterocycles. The number of rotatable bonds is 6. The number of H-pyrrole nitrogens is 1. The molecule has 2 aromatic rings. The maximum Gasteiger partial charge on any atom is 0.188 e. The Morgan fingerprint density at radius 3 is 2.75 bits per heavy atom. The van der Waals surface area contributed by atoms with Gasteiger partial charge in [-0.1, -0.05) is 18.2 Å². The van der Waals surface area contributed by atoms with Crippen LogP contribution in [0.3, 0.4) is 0 Å². The van der Waals surface area contributed by atoms with Crippen molar-refractivity contribution in [2.24, 2.45) is 0 Å². The minimum atomic E-state index is -3.66. The van der Waals surface area contributed by atoms with E-state index in [0.29, 0.717) is 4.48 Å². The Kier molecular flexibility index (Phi) is 4.35. The van der Waals surface area contributed by atoms with Crippen LogP contribution in [0.25, 0.3) is 10.9 Å². The summed E-state index contributed by atoms with van der Waals surface area (Å²) in [5.74, 6) is 0. The van der Waals surface area contributed by atoms with Crippen LogP contribution < -0.4 is 4.89 Å². The minimum Gasteiger partial charge on any atom is -0.779 e. The van der Waals surface area contributed by atoms with Crippen LogP contribution in [0.1, 0.15) is 5.56 Å². The molecule has 0 fully saturated rings. The van der Waals surface area contributed by atoms with Crippen LogP contribution in [0.15, 0.2) is 30.5 Å². The van der Waals surface area contributed by atoms with Gasteiger partial charge in [-0.3, -0.25) is 4.52 Å². The summed E-state index contributed by atoms with van der Waals surface area (Å²) in [4.78, 5) is 14.3. The third kappa shape index (κ3) is 4.18. The Balaban J connectivity index is 1.99. The van der Waals surface area contributed by atoms with Gasteiger partial charge in [-0.25, -0.2) is 0 Å². The van der Waals surface area contributed by atoms with Crippen molar-refractivity contribution in [2.45, 2.75) is 6.42 Å². The summed E-state index contributed by atoms with van der Waals surface area (Å²) < 4.78 is 16.5. The highest BCUT2D eigenvalue weighted by atomic mass is 31.2. The predicted octanol–water partition coefficient (Wildman–Crippen LogP) is 1.94. The number of aromatic nitrogens is 1. The van der Waals surface area contributed by atoms with Crippen molar-refractivity contribution in [1.82, 2.24) is 4.98 Å². The zero-order valence-corrected chi connectivity index (χ0v) is 13.0. The predicted molar refractivity (Wildman–Crippen MR) is 78.5 cm³/mol. The Morgan fingerprint density at radius 2 is 2.05 bits per heavy atom. The van der Waals surface area contributed by atoms with Crippen molar-refractivity contribution in [3.8, 4) is 0 Å². The van der Waals surface area contributed by atoms with E-state index >= 15 is 0 Å². The molecule has 0 saturated carbocycles. The van der Waals surface area contributed by atoms with Crippen LogP contribution in [0.5, 0.6) is 0 Å². The lowest BCUT2D eigenvalue weighted by atomic mass is 10.1. The van der Waals surface area contributed by atoms with E-state index < -0.39 is 7.60 Å². The van der Waals surface area contributed by atoms with Crippen LogP contribution in [0.2, 0.25) is 0 Å². The molecule has 20 heavy (non-hydrogen) atoms. The van der Waals surface area contributed by atoms with Gasteiger partial charge in [0, 0.05) is 30.2 Å². The van der Waals surface area contributed by atoms with E-state index in [0.717, 1.165) is 25.1 Å². The van der Waals surface area contributed by atoms with Crippen molar-refractivity contribution in [2.75, 3.05) is 34.0 Å². The molecule has 1 N–H and O–H groups in total. The molecule has 0 spiro atoms. The largest absolute Gasteiger partial charge is 0.779 e. The first kappa shape index (κ1) is 15.3. The first-order valence-electron chi connectivity index (χ1n) is 6.57. The van der Waals surface area contributed by atoms with Gasteiger partial charge in [0.2, 0.25) is 0 Å². The number of likely N-dealkylation sites (N-methyl/N-ethyl adjacent to an activating group) is 1. The summed E-state index contributed by atoms with van der Waals surface area (Å²) in [6.07, 6.45) is 2.89. The first-order chi connectivity index (χ1) is 9.27. The van der Waals surface area contributed by atoms with Crippen molar-refractivity contribution < 1.29 is 18.5 Å². The fraction of sp³-hybridized carbons (Fsp3) is 0.429. The fourth-order valence-electron chi connectivity index (χ4n) is 2.09. The molecule has 1 heterocycles. The molecule has 1 unspecified atom stereocenters. The van der Waals surface area contributed by atoms with Crippen LogP contribution in [-0.4, -0.2) is 43.5 Å². The van der Waals surface area contributed by atoms with Crippen LogP contribution in [0, 0.1) is 0 Å². The van der Waals surface area contributed by atoms with E-state index in [2.05, 4.69) is 11.1 Å². The summed E-state index contributed by atoms with van der Waals surface area (Å²) in [6, 6.07) is 8.17. The molecule has 5 nitrogen and oxygen atoms in total. The van der Waals surface area contributed by atoms with E-state index in [9.17, 15) is 9.46 Å². The number of quaternary nitrogens is 1. The SMILES string of the molecule is C[N+](C)(CCc1c[nH]c2ccccc12)COP(C)(=O)[O-]. The highest BCUT2D eigenvalue weighted by Gasteiger charge is 2.18. The molecule has 0 aliphatic rings. The molecule has 1 aromatic carbocycles. The van der Waals surface area contributed by atoms with Gasteiger partial charge in [-0.2, -0.15) is 0 Å². The van der Waals surface area contributed by atoms with Crippen LogP contribution >= 0.6 is 7.60 Å². The molecule has 0 saturated heterocycles. The lowest BCUT2D eigenvalue weighted by Gasteiger charge is -2.31. The number of nitrogens with zero attached hydrogens (tertiary/aromatic N) is 1. The molecule has 0 aliphatic carbocycles. The van der Waals surface area contributed by atoms with Crippen LogP contribution in [0.4, 0.5) is 0 Å². The van der Waals surface area contributed by atoms with E-state index in [4.69, 9.17) is 4.52 Å². The average molecular weight is 296 g/mol. The molecule has 6 heteroatoms. The van der Waals surface area contributed by atoms with Gasteiger partial charge in [-0.05, 0) is 11.6 Å². The van der Waals surface area contributed by atoms with Crippen molar-refractivity contribution in [1.29, 1.82) is 0 Å². The highest BCUT2D eigenvalue weighted by molar-refractivity contribution is 7.50. The standard InChI is InChI=1S/C14H21N2O3P/c1-16(2,11-19-20(3,17)18)9-8-12-10-15-14-7-5-4-6-13(12)14/h4-7,10,15H,8-9,11H2,1-3H3. The van der Waals surface area contributed by atoms with Gasteiger partial charge in [-0.15, -0.1) is 0 Å². The number of hydrogen-bond acceptors (Lipinski definition) is 3. The number of aromatic amines is 1. The number of hydrogen-bond donors (Lipinski definition) is 1. The summed E-state index contributed by atoms with van der Waals surface area (Å²) in [6.45, 7) is 2.08. The van der Waals surface area contributed by atoms with Gasteiger partial charge in [0.1, 0.15) is 7.60 Å². The molecular weight excluding hydrogens is 275 g/mol. The van der Waals surface area contributed by atoms with Gasteiger partial charge >= 0.3 is 0 Å². The number of benzene rings is 1. The second-order valence-corrected chi connectivity index (χ2v) is 7.60. The minimum absolute atomic E-state index is 0.166. The molecule has 1 atom stereocenters. The van der Waals surface area contributed by atoms with Crippen LogP contribution in [-0.2, 0) is 15.5 Å². The summed E-state index contributed by atoms with van der Waals surface area (Å²) >= 11 is 0. The second kappa shape index (κ2) is 5.70. The van der Waals surface area contributed by atoms with E-state index in [1.54, 1.807) is 0 Å². The highest BCUT2D eigenvalue weighted by Crippen LogP contribution is 2.31. The second-order valence-electron chi connectivity index (χ2n) is 5.80. The Labute approximate surface area is 119 Å². The van der Waals surface area contributed by atoms with Gasteiger partial charge in [0.05, 0.1) is 20.6 Å². The third-order valence-electron chi connectivity index (χ3n) is 3.30. The summed E-state index contributed by atoms with van der Waals surface area (Å²) in [5, 5.41) is 1.22. The molecule has 0 radical (unpaired) electrons. The van der Waals surface area contributed by atoms with Gasteiger partial charge < -0.3 is 18.9 Å². The Hall–Kier alpha value is -1.13. The van der Waals surface area contributed by atoms with E-state index in [1.165, 1.54) is 10.9 Å². The monoisotopic (exact) mass is 296 g/mol. The molecule has 2 rings (SSSR count). The zero-order valence-electron chi connectivity index (χ0n) is 12.1. The maximum atomic E-state index is 11.1. The summed E-state index contributed by atoms with van der Waals surface area (Å²) in [7, 11) is 0.269. The summed E-state index contributed by atoms with van der Waals surface area (Å²) in [5.41, 5.74) is 2.37. The van der Waals surface area contributed by atoms with E-state index in [-0.39, 0.29) is 6.73 Å². The number of nitrogens with one attached hydrogen (secondary N) is 1. The Morgan fingerprint density at radius 1 is 1.35 bits per heavy atom. The van der Waals surface area contributed by atoms with Crippen molar-refractivity contribution in [3.63, 3.8) is 0 Å². The normalized spacial score (nSPS) is 15.4. The quantitative estimate of drug-likeness (QED) is 0.503. The average Bonchev–Trinajstić information content (AvgIpc) is 2.77. The number of fused-ring (bicyclic) bond motifs is 1.